The second-order valence-electron chi connectivity index (χ2n) is 2.97. The van der Waals surface area contributed by atoms with Crippen LogP contribution in [0.1, 0.15) is 5.69 Å². The van der Waals surface area contributed by atoms with Gasteiger partial charge in [-0.1, -0.05) is 5.43 Å². The smallest absolute Gasteiger partial charge is 0.263 e. The van der Waals surface area contributed by atoms with Crippen molar-refractivity contribution in [3.63, 3.8) is 0 Å². The molecule has 0 saturated heterocycles. The number of rotatable bonds is 2. The van der Waals surface area contributed by atoms with Gasteiger partial charge in [-0.3, -0.25) is 0 Å². The van der Waals surface area contributed by atoms with E-state index in [1.54, 1.807) is 14.1 Å². The molecule has 1 aromatic heterocycles. The highest BCUT2D eigenvalue weighted by Gasteiger charge is 2.09. The number of nitrogens with one attached hydrogen (secondary N) is 1. The minimum Gasteiger partial charge on any atom is -0.344 e. The summed E-state index contributed by atoms with van der Waals surface area (Å²) in [6.45, 7) is 1.84. The topological polar surface area (TPSA) is 83.7 Å². The van der Waals surface area contributed by atoms with Gasteiger partial charge in [-0.2, -0.15) is 4.99 Å². The van der Waals surface area contributed by atoms with Crippen LogP contribution in [0.4, 0.5) is 5.13 Å². The number of hydrogen-bond acceptors (Lipinski definition) is 5. The molecule has 0 aliphatic rings. The van der Waals surface area contributed by atoms with Crippen molar-refractivity contribution in [3.8, 4) is 0 Å². The molecule has 0 bridgehead atoms. The van der Waals surface area contributed by atoms with E-state index in [1.165, 1.54) is 16.2 Å². The lowest BCUT2D eigenvalue weighted by molar-refractivity contribution is -0.526. The van der Waals surface area contributed by atoms with Gasteiger partial charge >= 0.3 is 0 Å². The van der Waals surface area contributed by atoms with Gasteiger partial charge in [-0.25, -0.2) is 15.1 Å². The highest BCUT2D eigenvalue weighted by atomic mass is 32.1. The van der Waals surface area contributed by atoms with Crippen LogP contribution in [0.25, 0.3) is 0 Å². The van der Waals surface area contributed by atoms with Crippen LogP contribution < -0.4 is 5.43 Å². The molecule has 1 rings (SSSR count). The third-order valence-electron chi connectivity index (χ3n) is 1.42. The largest absolute Gasteiger partial charge is 0.344 e. The quantitative estimate of drug-likeness (QED) is 0.350. The van der Waals surface area contributed by atoms with Crippen molar-refractivity contribution in [1.29, 1.82) is 0 Å². The minimum atomic E-state index is -0.653. The van der Waals surface area contributed by atoms with Crippen molar-refractivity contribution in [3.05, 3.63) is 21.2 Å². The van der Waals surface area contributed by atoms with Crippen LogP contribution in [0.2, 0.25) is 0 Å². The maximum atomic E-state index is 10.3. The van der Waals surface area contributed by atoms with Gasteiger partial charge in [0.1, 0.15) is 0 Å². The van der Waals surface area contributed by atoms with Crippen molar-refractivity contribution >= 4 is 22.4 Å². The van der Waals surface area contributed by atoms with Crippen molar-refractivity contribution in [2.75, 3.05) is 14.1 Å². The molecule has 0 aliphatic carbocycles. The number of nitrogens with zero attached hydrogens (tertiary/aromatic N) is 4. The number of nitro groups is 1. The first-order valence-electron chi connectivity index (χ1n) is 4.08. The minimum absolute atomic E-state index is 0.148. The van der Waals surface area contributed by atoms with Crippen molar-refractivity contribution < 1.29 is 5.03 Å². The zero-order valence-corrected chi connectivity index (χ0v) is 9.41. The first-order chi connectivity index (χ1) is 6.99. The van der Waals surface area contributed by atoms with Crippen molar-refractivity contribution in [2.24, 2.45) is 4.99 Å². The van der Waals surface area contributed by atoms with E-state index in [2.05, 4.69) is 9.98 Å². The molecule has 15 heavy (non-hydrogen) atoms. The molecule has 0 saturated carbocycles. The molecule has 1 heterocycles. The fourth-order valence-electron chi connectivity index (χ4n) is 0.790. The van der Waals surface area contributed by atoms with E-state index in [1.807, 2.05) is 17.7 Å². The Hall–Kier alpha value is -1.70. The normalized spacial score (nSPS) is 11.3. The number of thiazole rings is 1. The molecule has 0 atom stereocenters. The molecule has 0 radical (unpaired) electrons. The molecular weight excluding hydrogens is 218 g/mol. The summed E-state index contributed by atoms with van der Waals surface area (Å²) in [5.74, 6) is 0.148. The average Bonchev–Trinajstić information content (AvgIpc) is 2.49. The van der Waals surface area contributed by atoms with Crippen LogP contribution in [0.5, 0.6) is 0 Å². The number of hydrazine groups is 1. The average molecular weight is 229 g/mol. The highest BCUT2D eigenvalue weighted by Crippen LogP contribution is 2.17. The number of guanidine groups is 1. The van der Waals surface area contributed by atoms with Crippen LogP contribution in [0.3, 0.4) is 0 Å². The number of aliphatic imine (C=N–C) groups is 1. The van der Waals surface area contributed by atoms with Gasteiger partial charge in [-0.15, -0.1) is 11.3 Å². The SMILES string of the molecule is Cc1csc(/N=C(\N[N+](=O)[O-])N(C)C)n1. The number of aryl methyl sites for hydroxylation is 1. The van der Waals surface area contributed by atoms with Crippen molar-refractivity contribution in [1.82, 2.24) is 15.3 Å². The van der Waals surface area contributed by atoms with Crippen LogP contribution in [0.15, 0.2) is 10.4 Å². The van der Waals surface area contributed by atoms with Crippen LogP contribution in [-0.2, 0) is 0 Å². The molecular formula is C7H11N5O2S. The lowest BCUT2D eigenvalue weighted by atomic mass is 10.6. The van der Waals surface area contributed by atoms with Crippen LogP contribution in [-0.4, -0.2) is 35.0 Å². The second kappa shape index (κ2) is 4.69. The van der Waals surface area contributed by atoms with E-state index >= 15 is 0 Å². The van der Waals surface area contributed by atoms with E-state index in [-0.39, 0.29) is 5.96 Å². The lowest BCUT2D eigenvalue weighted by Crippen LogP contribution is -2.39. The molecule has 0 fully saturated rings. The summed E-state index contributed by atoms with van der Waals surface area (Å²) in [5, 5.41) is 11.9. The van der Waals surface area contributed by atoms with Gasteiger partial charge in [-0.05, 0) is 6.92 Å². The van der Waals surface area contributed by atoms with Gasteiger partial charge in [0.05, 0.1) is 5.69 Å². The fraction of sp³-hybridized carbons (Fsp3) is 0.429. The van der Waals surface area contributed by atoms with Gasteiger partial charge in [0.15, 0.2) is 5.03 Å². The van der Waals surface area contributed by atoms with Gasteiger partial charge in [0.25, 0.3) is 5.96 Å². The molecule has 8 heteroatoms. The maximum absolute atomic E-state index is 10.3. The number of hydrogen-bond donors (Lipinski definition) is 1. The summed E-state index contributed by atoms with van der Waals surface area (Å²) < 4.78 is 0. The standard InChI is InChI=1S/C7H11N5O2S/c1-5-4-15-7(8-5)9-6(11(2)3)10-12(13)14/h4H,1-3H3,(H,8,9,10). The maximum Gasteiger partial charge on any atom is 0.263 e. The summed E-state index contributed by atoms with van der Waals surface area (Å²) in [5.41, 5.74) is 2.85. The van der Waals surface area contributed by atoms with E-state index in [9.17, 15) is 10.1 Å². The summed E-state index contributed by atoms with van der Waals surface area (Å²) in [6.07, 6.45) is 0. The second-order valence-corrected chi connectivity index (χ2v) is 3.81. The molecule has 0 spiro atoms. The van der Waals surface area contributed by atoms with Gasteiger partial charge in [0.2, 0.25) is 5.13 Å². The van der Waals surface area contributed by atoms with E-state index in [0.29, 0.717) is 5.13 Å². The Labute approximate surface area is 90.6 Å². The molecule has 7 nitrogen and oxygen atoms in total. The Morgan fingerprint density at radius 1 is 1.73 bits per heavy atom. The third kappa shape index (κ3) is 3.50. The monoisotopic (exact) mass is 229 g/mol. The summed E-state index contributed by atoms with van der Waals surface area (Å²) in [6, 6.07) is 0. The van der Waals surface area contributed by atoms with E-state index < -0.39 is 5.03 Å². The molecule has 1 aromatic rings. The summed E-state index contributed by atoms with van der Waals surface area (Å²) in [4.78, 5) is 19.9. The Balaban J connectivity index is 2.88. The first-order valence-corrected chi connectivity index (χ1v) is 4.96. The molecule has 1 N–H and O–H groups in total. The summed E-state index contributed by atoms with van der Waals surface area (Å²) in [7, 11) is 3.32. The van der Waals surface area contributed by atoms with Crippen LogP contribution in [0, 0.1) is 17.0 Å². The molecule has 0 unspecified atom stereocenters. The van der Waals surface area contributed by atoms with Gasteiger partial charge in [0, 0.05) is 19.5 Å². The highest BCUT2D eigenvalue weighted by molar-refractivity contribution is 7.13. The predicted octanol–water partition coefficient (Wildman–Crippen LogP) is 0.782. The van der Waals surface area contributed by atoms with Gasteiger partial charge < -0.3 is 4.90 Å². The third-order valence-corrected chi connectivity index (χ3v) is 2.28. The first kappa shape index (κ1) is 11.4. The summed E-state index contributed by atoms with van der Waals surface area (Å²) >= 11 is 1.33. The zero-order chi connectivity index (χ0) is 11.4. The molecule has 0 amide bonds. The zero-order valence-electron chi connectivity index (χ0n) is 8.59. The molecule has 0 aliphatic heterocycles. The predicted molar refractivity (Wildman–Crippen MR) is 57.8 cm³/mol. The molecule has 82 valence electrons. The molecule has 0 aromatic carbocycles. The fourth-order valence-corrected chi connectivity index (χ4v) is 1.45. The Kier molecular flexibility index (Phi) is 3.56. The Morgan fingerprint density at radius 2 is 2.40 bits per heavy atom. The van der Waals surface area contributed by atoms with Crippen molar-refractivity contribution in [2.45, 2.75) is 6.92 Å². The number of aromatic nitrogens is 1. The lowest BCUT2D eigenvalue weighted by Gasteiger charge is -2.10. The van der Waals surface area contributed by atoms with Crippen LogP contribution >= 0.6 is 11.3 Å². The van der Waals surface area contributed by atoms with E-state index in [0.717, 1.165) is 5.69 Å². The Morgan fingerprint density at radius 3 is 2.80 bits per heavy atom. The Bertz CT molecular complexity index is 386. The van der Waals surface area contributed by atoms with E-state index in [4.69, 9.17) is 0 Å².